The number of amidine groups is 1. The standard InChI is InChI=1S/C16H31N3O4/c1-11(20)23-15(4,5)16(6,14(2,3)22-7)19-13(21)10-8-9-12(17)18/h8-10H2,1-7H3,(H3,17,18)(H,19,21). The van der Waals surface area contributed by atoms with Gasteiger partial charge in [-0.15, -0.1) is 0 Å². The summed E-state index contributed by atoms with van der Waals surface area (Å²) in [5.41, 5.74) is 2.55. The summed E-state index contributed by atoms with van der Waals surface area (Å²) in [6.45, 7) is 10.3. The lowest BCUT2D eigenvalue weighted by atomic mass is 9.71. The molecule has 7 nitrogen and oxygen atoms in total. The minimum Gasteiger partial charge on any atom is -0.457 e. The molecule has 0 heterocycles. The lowest BCUT2D eigenvalue weighted by molar-refractivity contribution is -0.184. The quantitative estimate of drug-likeness (QED) is 0.338. The van der Waals surface area contributed by atoms with E-state index in [-0.39, 0.29) is 18.2 Å². The van der Waals surface area contributed by atoms with Crippen LogP contribution < -0.4 is 11.1 Å². The van der Waals surface area contributed by atoms with Crippen LogP contribution in [0.4, 0.5) is 0 Å². The minimum atomic E-state index is -0.991. The van der Waals surface area contributed by atoms with Gasteiger partial charge in [0.1, 0.15) is 11.1 Å². The van der Waals surface area contributed by atoms with Gasteiger partial charge in [0.25, 0.3) is 0 Å². The Balaban J connectivity index is 5.35. The molecule has 0 aromatic rings. The smallest absolute Gasteiger partial charge is 0.303 e. The number of methoxy groups -OCH3 is 1. The van der Waals surface area contributed by atoms with E-state index in [4.69, 9.17) is 20.6 Å². The molecule has 1 amide bonds. The highest BCUT2D eigenvalue weighted by Crippen LogP contribution is 2.37. The normalized spacial score (nSPS) is 14.7. The molecule has 1 atom stereocenters. The van der Waals surface area contributed by atoms with Crippen molar-refractivity contribution < 1.29 is 19.1 Å². The summed E-state index contributed by atoms with van der Waals surface area (Å²) in [5.74, 6) is -0.587. The van der Waals surface area contributed by atoms with E-state index in [1.165, 1.54) is 6.92 Å². The molecule has 0 aliphatic rings. The Morgan fingerprint density at radius 3 is 2.00 bits per heavy atom. The van der Waals surface area contributed by atoms with Crippen LogP contribution in [0.5, 0.6) is 0 Å². The molecule has 0 fully saturated rings. The number of ether oxygens (including phenoxy) is 2. The van der Waals surface area contributed by atoms with E-state index in [0.29, 0.717) is 12.8 Å². The van der Waals surface area contributed by atoms with Crippen molar-refractivity contribution in [3.8, 4) is 0 Å². The third kappa shape index (κ3) is 5.49. The van der Waals surface area contributed by atoms with Crippen LogP contribution in [0, 0.1) is 5.41 Å². The summed E-state index contributed by atoms with van der Waals surface area (Å²) in [7, 11) is 1.55. The zero-order valence-corrected chi connectivity index (χ0v) is 15.3. The molecule has 0 saturated carbocycles. The first kappa shape index (κ1) is 21.4. The van der Waals surface area contributed by atoms with Crippen LogP contribution in [0.2, 0.25) is 0 Å². The van der Waals surface area contributed by atoms with Crippen molar-refractivity contribution in [2.24, 2.45) is 5.73 Å². The fourth-order valence-electron chi connectivity index (χ4n) is 2.47. The molecule has 0 rings (SSSR count). The number of carbonyl (C=O) groups is 2. The van der Waals surface area contributed by atoms with E-state index in [1.807, 2.05) is 13.8 Å². The van der Waals surface area contributed by atoms with Crippen LogP contribution >= 0.6 is 0 Å². The van der Waals surface area contributed by atoms with Gasteiger partial charge in [0.2, 0.25) is 5.91 Å². The number of carbonyl (C=O) groups excluding carboxylic acids is 2. The topological polar surface area (TPSA) is 114 Å². The van der Waals surface area contributed by atoms with Gasteiger partial charge in [-0.1, -0.05) is 0 Å². The number of nitrogens with two attached hydrogens (primary N) is 1. The summed E-state index contributed by atoms with van der Waals surface area (Å²) < 4.78 is 11.0. The fraction of sp³-hybridized carbons (Fsp3) is 0.812. The van der Waals surface area contributed by atoms with Crippen molar-refractivity contribution in [1.29, 1.82) is 5.41 Å². The summed E-state index contributed by atoms with van der Waals surface area (Å²) in [6.07, 6.45) is 1.08. The molecule has 0 aromatic carbocycles. The molecular weight excluding hydrogens is 298 g/mol. The van der Waals surface area contributed by atoms with Crippen molar-refractivity contribution in [3.63, 3.8) is 0 Å². The van der Waals surface area contributed by atoms with Gasteiger partial charge in [-0.05, 0) is 41.0 Å². The Morgan fingerprint density at radius 2 is 1.61 bits per heavy atom. The van der Waals surface area contributed by atoms with Crippen molar-refractivity contribution in [3.05, 3.63) is 0 Å². The Morgan fingerprint density at radius 1 is 1.09 bits per heavy atom. The average Bonchev–Trinajstić information content (AvgIpc) is 2.36. The summed E-state index contributed by atoms with van der Waals surface area (Å²) in [5, 5.41) is 10.1. The van der Waals surface area contributed by atoms with Gasteiger partial charge in [0.05, 0.1) is 11.4 Å². The summed E-state index contributed by atoms with van der Waals surface area (Å²) in [4.78, 5) is 23.8. The Kier molecular flexibility index (Phi) is 7.22. The maximum Gasteiger partial charge on any atom is 0.303 e. The highest BCUT2D eigenvalue weighted by atomic mass is 16.6. The van der Waals surface area contributed by atoms with Crippen LogP contribution in [-0.4, -0.2) is 41.6 Å². The van der Waals surface area contributed by atoms with Crippen LogP contribution in [-0.2, 0) is 19.1 Å². The third-order valence-corrected chi connectivity index (χ3v) is 4.56. The van der Waals surface area contributed by atoms with E-state index < -0.39 is 22.7 Å². The number of nitrogens with one attached hydrogen (secondary N) is 2. The monoisotopic (exact) mass is 329 g/mol. The minimum absolute atomic E-state index is 0.0537. The number of amides is 1. The molecule has 0 saturated heterocycles. The molecule has 1 unspecified atom stereocenters. The molecule has 0 aliphatic carbocycles. The highest BCUT2D eigenvalue weighted by Gasteiger charge is 2.55. The van der Waals surface area contributed by atoms with Crippen LogP contribution in [0.15, 0.2) is 0 Å². The number of hydrogen-bond acceptors (Lipinski definition) is 5. The summed E-state index contributed by atoms with van der Waals surface area (Å²) in [6, 6.07) is 0. The van der Waals surface area contributed by atoms with Gasteiger partial charge in [-0.2, -0.15) is 0 Å². The number of hydrogen-bond donors (Lipinski definition) is 3. The van der Waals surface area contributed by atoms with Gasteiger partial charge < -0.3 is 20.5 Å². The van der Waals surface area contributed by atoms with Crippen LogP contribution in [0.3, 0.4) is 0 Å². The Labute approximate surface area is 138 Å². The predicted molar refractivity (Wildman–Crippen MR) is 89.2 cm³/mol. The number of esters is 1. The lowest BCUT2D eigenvalue weighted by Crippen LogP contribution is -2.71. The maximum absolute atomic E-state index is 12.3. The van der Waals surface area contributed by atoms with Crippen molar-refractivity contribution in [2.75, 3.05) is 7.11 Å². The van der Waals surface area contributed by atoms with Crippen LogP contribution in [0.1, 0.15) is 60.8 Å². The van der Waals surface area contributed by atoms with E-state index in [9.17, 15) is 9.59 Å². The van der Waals surface area contributed by atoms with Crippen molar-refractivity contribution >= 4 is 17.7 Å². The molecule has 23 heavy (non-hydrogen) atoms. The highest BCUT2D eigenvalue weighted by molar-refractivity contribution is 5.80. The van der Waals surface area contributed by atoms with Gasteiger partial charge >= 0.3 is 5.97 Å². The zero-order valence-electron chi connectivity index (χ0n) is 15.3. The van der Waals surface area contributed by atoms with E-state index in [1.54, 1.807) is 27.9 Å². The molecule has 0 bridgehead atoms. The fourth-order valence-corrected chi connectivity index (χ4v) is 2.47. The molecule has 134 valence electrons. The molecule has 0 radical (unpaired) electrons. The SMILES string of the molecule is COC(C)(C)C(C)(NC(=O)CCCC(=N)N)C(C)(C)OC(C)=O. The lowest BCUT2D eigenvalue weighted by Gasteiger charge is -2.52. The first-order valence-electron chi connectivity index (χ1n) is 7.67. The molecule has 0 aromatic heterocycles. The van der Waals surface area contributed by atoms with Crippen LogP contribution in [0.25, 0.3) is 0 Å². The second-order valence-electron chi connectivity index (χ2n) is 6.87. The third-order valence-electron chi connectivity index (χ3n) is 4.56. The number of rotatable bonds is 9. The molecule has 0 spiro atoms. The predicted octanol–water partition coefficient (Wildman–Crippen LogP) is 1.73. The Hall–Kier alpha value is -1.63. The first-order valence-corrected chi connectivity index (χ1v) is 7.67. The molecule has 4 N–H and O–H groups in total. The molecule has 0 aliphatic heterocycles. The van der Waals surface area contributed by atoms with E-state index in [2.05, 4.69) is 5.32 Å². The second-order valence-corrected chi connectivity index (χ2v) is 6.87. The maximum atomic E-state index is 12.3. The largest absolute Gasteiger partial charge is 0.457 e. The zero-order chi connectivity index (χ0) is 18.5. The summed E-state index contributed by atoms with van der Waals surface area (Å²) >= 11 is 0. The van der Waals surface area contributed by atoms with Gasteiger partial charge in [0, 0.05) is 26.9 Å². The molecular formula is C16H31N3O4. The second kappa shape index (κ2) is 7.77. The van der Waals surface area contributed by atoms with Gasteiger partial charge in [-0.3, -0.25) is 15.0 Å². The average molecular weight is 329 g/mol. The molecule has 7 heteroatoms. The first-order chi connectivity index (χ1) is 10.3. The van der Waals surface area contributed by atoms with Gasteiger partial charge in [0.15, 0.2) is 0 Å². The van der Waals surface area contributed by atoms with E-state index in [0.717, 1.165) is 0 Å². The van der Waals surface area contributed by atoms with Crippen molar-refractivity contribution in [1.82, 2.24) is 5.32 Å². The van der Waals surface area contributed by atoms with Crippen molar-refractivity contribution in [2.45, 2.75) is 77.5 Å². The van der Waals surface area contributed by atoms with E-state index >= 15 is 0 Å². The van der Waals surface area contributed by atoms with Gasteiger partial charge in [-0.25, -0.2) is 0 Å². The Bertz CT molecular complexity index is 460.